The third-order valence-electron chi connectivity index (χ3n) is 2.11. The number of hydrogen-bond donors (Lipinski definition) is 0. The predicted octanol–water partition coefficient (Wildman–Crippen LogP) is 3.25. The third kappa shape index (κ3) is 1.03. The van der Waals surface area contributed by atoms with Gasteiger partial charge in [-0.3, -0.25) is 0 Å². The molecule has 1 aromatic heterocycles. The number of hydrogen-bond acceptors (Lipinski definition) is 2. The van der Waals surface area contributed by atoms with Gasteiger partial charge >= 0.3 is 0 Å². The van der Waals surface area contributed by atoms with E-state index in [9.17, 15) is 0 Å². The highest BCUT2D eigenvalue weighted by Crippen LogP contribution is 2.23. The molecule has 0 unspecified atom stereocenters. The molecule has 1 heterocycles. The summed E-state index contributed by atoms with van der Waals surface area (Å²) in [5.74, 6) is 0. The number of rotatable bonds is 0. The molecule has 2 aromatic carbocycles. The topological polar surface area (TPSA) is 12.9 Å². The second kappa shape index (κ2) is 2.54. The fourth-order valence-electron chi connectivity index (χ4n) is 1.47. The van der Waals surface area contributed by atoms with Crippen molar-refractivity contribution >= 4 is 32.3 Å². The normalized spacial score (nSPS) is 11.1. The van der Waals surface area contributed by atoms with E-state index in [2.05, 4.69) is 29.2 Å². The summed E-state index contributed by atoms with van der Waals surface area (Å²) in [6.45, 7) is 0. The van der Waals surface area contributed by atoms with Gasteiger partial charge in [0.05, 0.1) is 15.7 Å². The molecule has 2 heteroatoms. The molecular formula is C11H6NS. The average molecular weight is 184 g/mol. The zero-order valence-electron chi connectivity index (χ0n) is 6.82. The lowest BCUT2D eigenvalue weighted by Gasteiger charge is -1.95. The largest absolute Gasteiger partial charge is 0.245 e. The molecule has 0 N–H and O–H groups in total. The highest BCUT2D eigenvalue weighted by molar-refractivity contribution is 7.16. The molecule has 3 rings (SSSR count). The van der Waals surface area contributed by atoms with Crippen molar-refractivity contribution in [2.24, 2.45) is 0 Å². The van der Waals surface area contributed by atoms with Crippen LogP contribution < -0.4 is 0 Å². The predicted molar refractivity (Wildman–Crippen MR) is 56.0 cm³/mol. The Hall–Kier alpha value is -1.41. The monoisotopic (exact) mass is 184 g/mol. The van der Waals surface area contributed by atoms with Gasteiger partial charge in [-0.2, -0.15) is 0 Å². The molecular weight excluding hydrogens is 178 g/mol. The molecule has 1 radical (unpaired) electrons. The fourth-order valence-corrected chi connectivity index (χ4v) is 2.17. The van der Waals surface area contributed by atoms with Crippen LogP contribution in [0, 0.1) is 6.07 Å². The van der Waals surface area contributed by atoms with Gasteiger partial charge in [0, 0.05) is 0 Å². The van der Waals surface area contributed by atoms with Crippen molar-refractivity contribution in [2.45, 2.75) is 0 Å². The molecule has 0 amide bonds. The lowest BCUT2D eigenvalue weighted by atomic mass is 10.1. The maximum Gasteiger partial charge on any atom is 0.0818 e. The zero-order valence-corrected chi connectivity index (χ0v) is 7.64. The Kier molecular flexibility index (Phi) is 1.37. The molecule has 0 aliphatic rings. The molecule has 13 heavy (non-hydrogen) atoms. The Morgan fingerprint density at radius 3 is 3.31 bits per heavy atom. The minimum absolute atomic E-state index is 1.08. The van der Waals surface area contributed by atoms with Crippen LogP contribution in [0.5, 0.6) is 0 Å². The van der Waals surface area contributed by atoms with Crippen LogP contribution in [0.15, 0.2) is 35.8 Å². The molecule has 0 aliphatic carbocycles. The summed E-state index contributed by atoms with van der Waals surface area (Å²) < 4.78 is 1.23. The van der Waals surface area contributed by atoms with Crippen LogP contribution in [0.2, 0.25) is 0 Å². The molecule has 61 valence electrons. The van der Waals surface area contributed by atoms with E-state index >= 15 is 0 Å². The highest BCUT2D eigenvalue weighted by atomic mass is 32.1. The first-order valence-electron chi connectivity index (χ1n) is 4.07. The van der Waals surface area contributed by atoms with E-state index in [0.717, 1.165) is 5.52 Å². The quantitative estimate of drug-likeness (QED) is 0.522. The molecule has 0 saturated carbocycles. The Bertz CT molecular complexity index is 519. The van der Waals surface area contributed by atoms with E-state index in [0.29, 0.717) is 0 Å². The number of aromatic nitrogens is 1. The summed E-state index contributed by atoms with van der Waals surface area (Å²) in [7, 11) is 0. The summed E-state index contributed by atoms with van der Waals surface area (Å²) in [5, 5.41) is 2.38. The van der Waals surface area contributed by atoms with Crippen molar-refractivity contribution in [3.05, 3.63) is 41.9 Å². The van der Waals surface area contributed by atoms with Crippen molar-refractivity contribution in [2.75, 3.05) is 0 Å². The summed E-state index contributed by atoms with van der Waals surface area (Å²) in [6.07, 6.45) is 0. The van der Waals surface area contributed by atoms with E-state index in [1.54, 1.807) is 11.3 Å². The SMILES string of the molecule is [c]1cccc2cc3ncsc3cc12. The van der Waals surface area contributed by atoms with Crippen molar-refractivity contribution in [3.8, 4) is 0 Å². The van der Waals surface area contributed by atoms with Crippen LogP contribution in [0.25, 0.3) is 21.0 Å². The zero-order chi connectivity index (χ0) is 8.67. The maximum atomic E-state index is 4.27. The van der Waals surface area contributed by atoms with Gasteiger partial charge in [0.25, 0.3) is 0 Å². The average Bonchev–Trinajstić information content (AvgIpc) is 2.61. The Morgan fingerprint density at radius 2 is 2.31 bits per heavy atom. The maximum absolute atomic E-state index is 4.27. The van der Waals surface area contributed by atoms with E-state index in [4.69, 9.17) is 0 Å². The molecule has 1 nitrogen and oxygen atoms in total. The lowest BCUT2D eigenvalue weighted by Crippen LogP contribution is -1.72. The van der Waals surface area contributed by atoms with E-state index in [1.165, 1.54) is 15.5 Å². The van der Waals surface area contributed by atoms with E-state index < -0.39 is 0 Å². The van der Waals surface area contributed by atoms with Crippen LogP contribution in [-0.4, -0.2) is 4.98 Å². The standard InChI is InChI=1S/C11H6NS/c1-2-4-9-6-11-10(12-7-13-11)5-8(9)3-1/h1-3,5-7H. The van der Waals surface area contributed by atoms with Gasteiger partial charge in [-0.25, -0.2) is 4.98 Å². The number of fused-ring (bicyclic) bond motifs is 2. The number of benzene rings is 2. The molecule has 0 aliphatic heterocycles. The molecule has 0 bridgehead atoms. The van der Waals surface area contributed by atoms with Crippen LogP contribution in [0.1, 0.15) is 0 Å². The van der Waals surface area contributed by atoms with Gasteiger partial charge < -0.3 is 0 Å². The van der Waals surface area contributed by atoms with Crippen molar-refractivity contribution in [3.63, 3.8) is 0 Å². The molecule has 0 fully saturated rings. The van der Waals surface area contributed by atoms with E-state index in [-0.39, 0.29) is 0 Å². The molecule has 0 saturated heterocycles. The van der Waals surface area contributed by atoms with Gasteiger partial charge in [-0.05, 0) is 29.0 Å². The summed E-state index contributed by atoms with van der Waals surface area (Å²) >= 11 is 1.67. The third-order valence-corrected chi connectivity index (χ3v) is 2.91. The van der Waals surface area contributed by atoms with Crippen molar-refractivity contribution in [1.82, 2.24) is 4.98 Å². The van der Waals surface area contributed by atoms with E-state index in [1.807, 2.05) is 17.6 Å². The smallest absolute Gasteiger partial charge is 0.0818 e. The van der Waals surface area contributed by atoms with Crippen LogP contribution in [-0.2, 0) is 0 Å². The van der Waals surface area contributed by atoms with Gasteiger partial charge in [0.2, 0.25) is 0 Å². The first-order chi connectivity index (χ1) is 6.43. The number of thiazole rings is 1. The Morgan fingerprint density at radius 1 is 1.31 bits per heavy atom. The van der Waals surface area contributed by atoms with Crippen LogP contribution >= 0.6 is 11.3 Å². The Balaban J connectivity index is 2.57. The van der Waals surface area contributed by atoms with Gasteiger partial charge in [0.15, 0.2) is 0 Å². The summed E-state index contributed by atoms with van der Waals surface area (Å²) in [6, 6.07) is 13.5. The van der Waals surface area contributed by atoms with Crippen LogP contribution in [0.3, 0.4) is 0 Å². The van der Waals surface area contributed by atoms with Gasteiger partial charge in [-0.1, -0.05) is 18.2 Å². The highest BCUT2D eigenvalue weighted by Gasteiger charge is 1.98. The van der Waals surface area contributed by atoms with Crippen molar-refractivity contribution in [1.29, 1.82) is 0 Å². The summed E-state index contributed by atoms with van der Waals surface area (Å²) in [4.78, 5) is 4.27. The summed E-state index contributed by atoms with van der Waals surface area (Å²) in [5.41, 5.74) is 2.96. The van der Waals surface area contributed by atoms with Crippen molar-refractivity contribution < 1.29 is 0 Å². The molecule has 0 atom stereocenters. The van der Waals surface area contributed by atoms with Crippen LogP contribution in [0.4, 0.5) is 0 Å². The lowest BCUT2D eigenvalue weighted by molar-refractivity contribution is 1.51. The minimum atomic E-state index is 1.08. The second-order valence-corrected chi connectivity index (χ2v) is 3.82. The molecule has 3 aromatic rings. The number of nitrogens with zero attached hydrogens (tertiary/aromatic N) is 1. The second-order valence-electron chi connectivity index (χ2n) is 2.93. The minimum Gasteiger partial charge on any atom is -0.245 e. The first kappa shape index (κ1) is 7.04. The molecule has 0 spiro atoms. The van der Waals surface area contributed by atoms with Gasteiger partial charge in [-0.15, -0.1) is 11.3 Å². The van der Waals surface area contributed by atoms with Gasteiger partial charge in [0.1, 0.15) is 0 Å². The fraction of sp³-hybridized carbons (Fsp3) is 0. The Labute approximate surface area is 79.7 Å². The first-order valence-corrected chi connectivity index (χ1v) is 4.95.